The number of hydrogen-bond donors (Lipinski definition) is 1. The summed E-state index contributed by atoms with van der Waals surface area (Å²) in [6.07, 6.45) is 1.60. The lowest BCUT2D eigenvalue weighted by Gasteiger charge is -2.06. The third kappa shape index (κ3) is 2.81. The molecular weight excluding hydrogens is 304 g/mol. The molecule has 0 unspecified atom stereocenters. The summed E-state index contributed by atoms with van der Waals surface area (Å²) in [6, 6.07) is 18.8. The number of non-ortho nitro benzene ring substituents is 1. The van der Waals surface area contributed by atoms with Crippen LogP contribution >= 0.6 is 0 Å². The second-order valence-electron chi connectivity index (χ2n) is 5.19. The van der Waals surface area contributed by atoms with E-state index in [0.717, 1.165) is 10.8 Å². The van der Waals surface area contributed by atoms with Crippen molar-refractivity contribution in [1.82, 2.24) is 0 Å². The summed E-state index contributed by atoms with van der Waals surface area (Å²) in [5, 5.41) is 32.1. The maximum atomic E-state index is 10.7. The molecule has 0 aliphatic carbocycles. The minimum absolute atomic E-state index is 0.0379. The highest BCUT2D eigenvalue weighted by molar-refractivity contribution is 6.00. The van der Waals surface area contributed by atoms with Gasteiger partial charge in [-0.25, -0.2) is 0 Å². The zero-order valence-electron chi connectivity index (χ0n) is 12.5. The Morgan fingerprint density at radius 1 is 1.08 bits per heavy atom. The average molecular weight is 316 g/mol. The van der Waals surface area contributed by atoms with Gasteiger partial charge in [-0.3, -0.25) is 10.1 Å². The van der Waals surface area contributed by atoms with Gasteiger partial charge in [-0.05, 0) is 40.6 Å². The summed E-state index contributed by atoms with van der Waals surface area (Å²) < 4.78 is 0. The van der Waals surface area contributed by atoms with E-state index in [0.29, 0.717) is 16.7 Å². The van der Waals surface area contributed by atoms with Crippen LogP contribution in [0.5, 0.6) is 5.75 Å². The topological polar surface area (TPSA) is 87.2 Å². The molecule has 3 aromatic carbocycles. The third-order valence-corrected chi connectivity index (χ3v) is 3.75. The van der Waals surface area contributed by atoms with Gasteiger partial charge >= 0.3 is 0 Å². The van der Waals surface area contributed by atoms with Crippen LogP contribution < -0.4 is 0 Å². The number of nitrogens with zero attached hydrogens (tertiary/aromatic N) is 2. The number of allylic oxidation sites excluding steroid dienone is 1. The zero-order chi connectivity index (χ0) is 17.1. The van der Waals surface area contributed by atoms with Gasteiger partial charge in [0.1, 0.15) is 5.75 Å². The molecule has 0 atom stereocenters. The molecule has 0 aromatic heterocycles. The molecule has 0 heterocycles. The molecule has 5 nitrogen and oxygen atoms in total. The quantitative estimate of drug-likeness (QED) is 0.333. The van der Waals surface area contributed by atoms with Crippen molar-refractivity contribution in [3.8, 4) is 11.8 Å². The SMILES string of the molecule is N#C/C(=C/c1c(O)ccc2ccccc12)c1ccc([N+](=O)[O-])cc1. The van der Waals surface area contributed by atoms with Crippen molar-refractivity contribution in [2.75, 3.05) is 0 Å². The minimum Gasteiger partial charge on any atom is -0.507 e. The Bertz CT molecular complexity index is 999. The van der Waals surface area contributed by atoms with Gasteiger partial charge in [-0.2, -0.15) is 5.26 Å². The lowest BCUT2D eigenvalue weighted by atomic mass is 9.98. The molecule has 0 saturated carbocycles. The number of fused-ring (bicyclic) bond motifs is 1. The normalized spacial score (nSPS) is 11.2. The molecule has 0 bridgehead atoms. The van der Waals surface area contributed by atoms with E-state index in [2.05, 4.69) is 6.07 Å². The predicted molar refractivity (Wildman–Crippen MR) is 92.2 cm³/mol. The molecule has 3 aromatic rings. The number of aromatic hydroxyl groups is 1. The van der Waals surface area contributed by atoms with Gasteiger partial charge in [-0.15, -0.1) is 0 Å². The summed E-state index contributed by atoms with van der Waals surface area (Å²) in [7, 11) is 0. The summed E-state index contributed by atoms with van der Waals surface area (Å²) in [5.41, 5.74) is 1.37. The van der Waals surface area contributed by atoms with E-state index in [1.165, 1.54) is 24.3 Å². The highest BCUT2D eigenvalue weighted by Gasteiger charge is 2.10. The summed E-state index contributed by atoms with van der Waals surface area (Å²) in [5.74, 6) is 0.0726. The van der Waals surface area contributed by atoms with E-state index in [1.807, 2.05) is 24.3 Å². The number of phenols is 1. The van der Waals surface area contributed by atoms with Gasteiger partial charge in [0, 0.05) is 17.7 Å². The first-order valence-electron chi connectivity index (χ1n) is 7.17. The van der Waals surface area contributed by atoms with Crippen LogP contribution in [0.25, 0.3) is 22.4 Å². The van der Waals surface area contributed by atoms with Crippen LogP contribution in [0.2, 0.25) is 0 Å². The summed E-state index contributed by atoms with van der Waals surface area (Å²) in [6.45, 7) is 0. The Labute approximate surface area is 137 Å². The minimum atomic E-state index is -0.490. The van der Waals surface area contributed by atoms with Crippen molar-refractivity contribution in [1.29, 1.82) is 5.26 Å². The van der Waals surface area contributed by atoms with Gasteiger partial charge in [0.05, 0.1) is 16.6 Å². The Hall–Kier alpha value is -3.65. The van der Waals surface area contributed by atoms with Crippen LogP contribution in [-0.2, 0) is 0 Å². The first-order chi connectivity index (χ1) is 11.6. The van der Waals surface area contributed by atoms with E-state index in [9.17, 15) is 20.5 Å². The monoisotopic (exact) mass is 316 g/mol. The molecule has 0 fully saturated rings. The Morgan fingerprint density at radius 3 is 2.46 bits per heavy atom. The lowest BCUT2D eigenvalue weighted by molar-refractivity contribution is -0.384. The van der Waals surface area contributed by atoms with Crippen LogP contribution in [-0.4, -0.2) is 10.0 Å². The van der Waals surface area contributed by atoms with E-state index in [1.54, 1.807) is 18.2 Å². The lowest BCUT2D eigenvalue weighted by Crippen LogP contribution is -1.89. The molecule has 116 valence electrons. The largest absolute Gasteiger partial charge is 0.507 e. The standard InChI is InChI=1S/C19H12N2O3/c20-12-15(13-5-8-16(9-6-13)21(23)24)11-18-17-4-2-1-3-14(17)7-10-19(18)22/h1-11,22H/b15-11-. The molecule has 1 N–H and O–H groups in total. The fraction of sp³-hybridized carbons (Fsp3) is 0. The van der Waals surface area contributed by atoms with Gasteiger partial charge in [0.2, 0.25) is 0 Å². The summed E-state index contributed by atoms with van der Waals surface area (Å²) in [4.78, 5) is 10.2. The third-order valence-electron chi connectivity index (χ3n) is 3.75. The molecule has 3 rings (SSSR count). The van der Waals surface area contributed by atoms with Crippen molar-refractivity contribution in [2.45, 2.75) is 0 Å². The Balaban J connectivity index is 2.14. The van der Waals surface area contributed by atoms with E-state index >= 15 is 0 Å². The van der Waals surface area contributed by atoms with Crippen molar-refractivity contribution in [3.63, 3.8) is 0 Å². The van der Waals surface area contributed by atoms with E-state index in [4.69, 9.17) is 0 Å². The smallest absolute Gasteiger partial charge is 0.269 e. The van der Waals surface area contributed by atoms with Crippen LogP contribution in [0.15, 0.2) is 60.7 Å². The highest BCUT2D eigenvalue weighted by Crippen LogP contribution is 2.31. The van der Waals surface area contributed by atoms with E-state index in [-0.39, 0.29) is 11.4 Å². The molecule has 0 saturated heterocycles. The van der Waals surface area contributed by atoms with Crippen LogP contribution in [0, 0.1) is 21.4 Å². The first-order valence-corrected chi connectivity index (χ1v) is 7.17. The average Bonchev–Trinajstić information content (AvgIpc) is 2.61. The fourth-order valence-corrected chi connectivity index (χ4v) is 2.52. The summed E-state index contributed by atoms with van der Waals surface area (Å²) >= 11 is 0. The van der Waals surface area contributed by atoms with Crippen molar-refractivity contribution >= 4 is 28.1 Å². The van der Waals surface area contributed by atoms with Gasteiger partial charge in [-0.1, -0.05) is 30.3 Å². The van der Waals surface area contributed by atoms with Crippen molar-refractivity contribution < 1.29 is 10.0 Å². The predicted octanol–water partition coefficient (Wildman–Crippen LogP) is 4.52. The number of nitro benzene ring substituents is 1. The number of benzene rings is 3. The second kappa shape index (κ2) is 6.23. The maximum absolute atomic E-state index is 10.7. The second-order valence-corrected chi connectivity index (χ2v) is 5.19. The molecule has 5 heteroatoms. The molecule has 0 aliphatic rings. The number of hydrogen-bond acceptors (Lipinski definition) is 4. The van der Waals surface area contributed by atoms with Crippen molar-refractivity contribution in [3.05, 3.63) is 81.9 Å². The fourth-order valence-electron chi connectivity index (χ4n) is 2.52. The number of phenolic OH excluding ortho intramolecular Hbond substituents is 1. The van der Waals surface area contributed by atoms with Crippen LogP contribution in [0.1, 0.15) is 11.1 Å². The van der Waals surface area contributed by atoms with Crippen LogP contribution in [0.3, 0.4) is 0 Å². The maximum Gasteiger partial charge on any atom is 0.269 e. The molecule has 0 aliphatic heterocycles. The van der Waals surface area contributed by atoms with Crippen molar-refractivity contribution in [2.24, 2.45) is 0 Å². The number of nitro groups is 1. The molecule has 0 amide bonds. The Kier molecular flexibility index (Phi) is 3.96. The number of rotatable bonds is 3. The molecular formula is C19H12N2O3. The molecule has 0 spiro atoms. The first kappa shape index (κ1) is 15.3. The van der Waals surface area contributed by atoms with E-state index < -0.39 is 4.92 Å². The zero-order valence-corrected chi connectivity index (χ0v) is 12.5. The van der Waals surface area contributed by atoms with Crippen LogP contribution in [0.4, 0.5) is 5.69 Å². The number of nitriles is 1. The van der Waals surface area contributed by atoms with Gasteiger partial charge < -0.3 is 5.11 Å². The Morgan fingerprint density at radius 2 is 1.79 bits per heavy atom. The molecule has 24 heavy (non-hydrogen) atoms. The van der Waals surface area contributed by atoms with Gasteiger partial charge in [0.15, 0.2) is 0 Å². The molecule has 0 radical (unpaired) electrons. The van der Waals surface area contributed by atoms with Gasteiger partial charge in [0.25, 0.3) is 5.69 Å². The highest BCUT2D eigenvalue weighted by atomic mass is 16.6.